The minimum absolute atomic E-state index is 0.0502. The van der Waals surface area contributed by atoms with E-state index in [0.717, 1.165) is 0 Å². The van der Waals surface area contributed by atoms with Crippen molar-refractivity contribution < 1.29 is 23.9 Å². The molecule has 0 bridgehead atoms. The van der Waals surface area contributed by atoms with Crippen LogP contribution in [-0.2, 0) is 14.3 Å². The Morgan fingerprint density at radius 3 is 2.48 bits per heavy atom. The minimum atomic E-state index is -0.781. The van der Waals surface area contributed by atoms with Crippen LogP contribution in [0.25, 0.3) is 0 Å². The number of methoxy groups -OCH3 is 1. The summed E-state index contributed by atoms with van der Waals surface area (Å²) in [5, 5.41) is 5.41. The molecule has 0 saturated carbocycles. The van der Waals surface area contributed by atoms with Gasteiger partial charge in [0.25, 0.3) is 5.91 Å². The van der Waals surface area contributed by atoms with Gasteiger partial charge in [-0.05, 0) is 30.3 Å². The Bertz CT molecular complexity index is 886. The molecule has 0 aliphatic heterocycles. The van der Waals surface area contributed by atoms with Gasteiger partial charge in [-0.15, -0.1) is 0 Å². The summed E-state index contributed by atoms with van der Waals surface area (Å²) in [5.41, 5.74) is 0.842. The summed E-state index contributed by atoms with van der Waals surface area (Å²) in [6.07, 6.45) is 0. The SMILES string of the molecule is COc1ccc(NC(C)=O)cc1NC(=O)COC(=O)c1cccc(Cl)c1Cl. The van der Waals surface area contributed by atoms with E-state index in [0.29, 0.717) is 17.1 Å². The van der Waals surface area contributed by atoms with Gasteiger partial charge < -0.3 is 20.1 Å². The lowest BCUT2D eigenvalue weighted by molar-refractivity contribution is -0.119. The number of anilines is 2. The van der Waals surface area contributed by atoms with Gasteiger partial charge in [0, 0.05) is 12.6 Å². The van der Waals surface area contributed by atoms with Crippen LogP contribution in [0.15, 0.2) is 36.4 Å². The van der Waals surface area contributed by atoms with Crippen molar-refractivity contribution in [2.24, 2.45) is 0 Å². The van der Waals surface area contributed by atoms with E-state index >= 15 is 0 Å². The molecule has 2 aromatic carbocycles. The maximum Gasteiger partial charge on any atom is 0.340 e. The van der Waals surface area contributed by atoms with E-state index in [2.05, 4.69) is 10.6 Å². The molecule has 0 aliphatic rings. The predicted octanol–water partition coefficient (Wildman–Crippen LogP) is 3.76. The van der Waals surface area contributed by atoms with Crippen molar-refractivity contribution in [3.8, 4) is 5.75 Å². The fraction of sp³-hybridized carbons (Fsp3) is 0.167. The van der Waals surface area contributed by atoms with Crippen LogP contribution < -0.4 is 15.4 Å². The Morgan fingerprint density at radius 2 is 1.81 bits per heavy atom. The number of amides is 2. The average Bonchev–Trinajstić information content (AvgIpc) is 2.62. The van der Waals surface area contributed by atoms with E-state index in [9.17, 15) is 14.4 Å². The summed E-state index contributed by atoms with van der Waals surface area (Å²) in [6, 6.07) is 9.24. The highest BCUT2D eigenvalue weighted by atomic mass is 35.5. The first-order valence-corrected chi connectivity index (χ1v) is 8.44. The van der Waals surface area contributed by atoms with Gasteiger partial charge in [0.1, 0.15) is 5.75 Å². The second kappa shape index (κ2) is 9.25. The summed E-state index contributed by atoms with van der Waals surface area (Å²) < 4.78 is 10.1. The van der Waals surface area contributed by atoms with Crippen LogP contribution in [0, 0.1) is 0 Å². The maximum absolute atomic E-state index is 12.1. The molecule has 0 radical (unpaired) electrons. The number of halogens is 2. The Balaban J connectivity index is 2.04. The zero-order valence-corrected chi connectivity index (χ0v) is 16.0. The van der Waals surface area contributed by atoms with Crippen molar-refractivity contribution in [1.82, 2.24) is 0 Å². The van der Waals surface area contributed by atoms with Crippen LogP contribution >= 0.6 is 23.2 Å². The van der Waals surface area contributed by atoms with Crippen LogP contribution in [0.1, 0.15) is 17.3 Å². The van der Waals surface area contributed by atoms with Gasteiger partial charge in [-0.2, -0.15) is 0 Å². The molecule has 0 aliphatic carbocycles. The lowest BCUT2D eigenvalue weighted by atomic mass is 10.2. The van der Waals surface area contributed by atoms with E-state index in [1.807, 2.05) is 0 Å². The normalized spacial score (nSPS) is 10.1. The number of rotatable bonds is 6. The second-order valence-corrected chi connectivity index (χ2v) is 6.11. The highest BCUT2D eigenvalue weighted by Crippen LogP contribution is 2.28. The fourth-order valence-corrected chi connectivity index (χ4v) is 2.52. The first kappa shape index (κ1) is 20.5. The van der Waals surface area contributed by atoms with Gasteiger partial charge in [0.05, 0.1) is 28.4 Å². The Labute approximate surface area is 165 Å². The van der Waals surface area contributed by atoms with Crippen LogP contribution in [-0.4, -0.2) is 31.5 Å². The highest BCUT2D eigenvalue weighted by molar-refractivity contribution is 6.43. The van der Waals surface area contributed by atoms with E-state index in [1.165, 1.54) is 32.2 Å². The van der Waals surface area contributed by atoms with Crippen LogP contribution in [0.2, 0.25) is 10.0 Å². The molecule has 9 heteroatoms. The smallest absolute Gasteiger partial charge is 0.340 e. The predicted molar refractivity (Wildman–Crippen MR) is 103 cm³/mol. The molecule has 0 unspecified atom stereocenters. The molecule has 2 aromatic rings. The molecule has 0 heterocycles. The van der Waals surface area contributed by atoms with Gasteiger partial charge in [-0.25, -0.2) is 4.79 Å². The number of carbonyl (C=O) groups excluding carboxylic acids is 3. The standard InChI is InChI=1S/C18H16Cl2N2O5/c1-10(23)21-11-6-7-15(26-2)14(8-11)22-16(24)9-27-18(25)12-4-3-5-13(19)17(12)20/h3-8H,9H2,1-2H3,(H,21,23)(H,22,24). The summed E-state index contributed by atoms with van der Waals surface area (Å²) in [6.45, 7) is 0.818. The largest absolute Gasteiger partial charge is 0.495 e. The Morgan fingerprint density at radius 1 is 1.07 bits per heavy atom. The first-order valence-electron chi connectivity index (χ1n) is 7.68. The van der Waals surface area contributed by atoms with Gasteiger partial charge in [-0.3, -0.25) is 9.59 Å². The molecular formula is C18H16Cl2N2O5. The first-order chi connectivity index (χ1) is 12.8. The number of esters is 1. The molecule has 2 amide bonds. The lowest BCUT2D eigenvalue weighted by Crippen LogP contribution is -2.21. The molecule has 142 valence electrons. The minimum Gasteiger partial charge on any atom is -0.495 e. The van der Waals surface area contributed by atoms with E-state index in [-0.39, 0.29) is 21.5 Å². The molecule has 0 spiro atoms. The lowest BCUT2D eigenvalue weighted by Gasteiger charge is -2.13. The number of ether oxygens (including phenoxy) is 2. The van der Waals surface area contributed by atoms with Crippen molar-refractivity contribution in [1.29, 1.82) is 0 Å². The fourth-order valence-electron chi connectivity index (χ4n) is 2.14. The maximum atomic E-state index is 12.1. The van der Waals surface area contributed by atoms with Crippen molar-refractivity contribution in [2.75, 3.05) is 24.4 Å². The molecule has 0 fully saturated rings. The van der Waals surface area contributed by atoms with Crippen molar-refractivity contribution in [3.05, 3.63) is 52.0 Å². The molecule has 0 atom stereocenters. The summed E-state index contributed by atoms with van der Waals surface area (Å²) in [7, 11) is 1.43. The number of carbonyl (C=O) groups is 3. The average molecular weight is 411 g/mol. The van der Waals surface area contributed by atoms with Gasteiger partial charge >= 0.3 is 5.97 Å². The Hall–Kier alpha value is -2.77. The van der Waals surface area contributed by atoms with Crippen molar-refractivity contribution in [3.63, 3.8) is 0 Å². The molecule has 27 heavy (non-hydrogen) atoms. The van der Waals surface area contributed by atoms with E-state index in [1.54, 1.807) is 18.2 Å². The number of hydrogen-bond acceptors (Lipinski definition) is 5. The van der Waals surface area contributed by atoms with E-state index < -0.39 is 18.5 Å². The molecule has 2 rings (SSSR count). The van der Waals surface area contributed by atoms with Crippen molar-refractivity contribution >= 4 is 52.4 Å². The zero-order chi connectivity index (χ0) is 20.0. The summed E-state index contributed by atoms with van der Waals surface area (Å²) in [4.78, 5) is 35.3. The second-order valence-electron chi connectivity index (χ2n) is 5.32. The van der Waals surface area contributed by atoms with Crippen molar-refractivity contribution in [2.45, 2.75) is 6.92 Å². The third-order valence-electron chi connectivity index (χ3n) is 3.30. The van der Waals surface area contributed by atoms with Crippen LogP contribution in [0.4, 0.5) is 11.4 Å². The van der Waals surface area contributed by atoms with Gasteiger partial charge in [-0.1, -0.05) is 29.3 Å². The number of hydrogen-bond donors (Lipinski definition) is 2. The van der Waals surface area contributed by atoms with Crippen LogP contribution in [0.5, 0.6) is 5.75 Å². The topological polar surface area (TPSA) is 93.7 Å². The van der Waals surface area contributed by atoms with Gasteiger partial charge in [0.2, 0.25) is 5.91 Å². The molecule has 7 nitrogen and oxygen atoms in total. The monoisotopic (exact) mass is 410 g/mol. The van der Waals surface area contributed by atoms with E-state index in [4.69, 9.17) is 32.7 Å². The highest BCUT2D eigenvalue weighted by Gasteiger charge is 2.16. The summed E-state index contributed by atoms with van der Waals surface area (Å²) >= 11 is 11.8. The molecule has 2 N–H and O–H groups in total. The zero-order valence-electron chi connectivity index (χ0n) is 14.5. The van der Waals surface area contributed by atoms with Crippen LogP contribution in [0.3, 0.4) is 0 Å². The molecular weight excluding hydrogens is 395 g/mol. The third-order valence-corrected chi connectivity index (χ3v) is 4.12. The quantitative estimate of drug-likeness (QED) is 0.707. The van der Waals surface area contributed by atoms with Gasteiger partial charge in [0.15, 0.2) is 6.61 Å². The molecule has 0 aromatic heterocycles. The number of benzene rings is 2. The number of nitrogens with one attached hydrogen (secondary N) is 2. The third kappa shape index (κ3) is 5.60. The molecule has 0 saturated heterocycles. The Kier molecular flexibility index (Phi) is 7.04. The summed E-state index contributed by atoms with van der Waals surface area (Å²) in [5.74, 6) is -1.26.